The summed E-state index contributed by atoms with van der Waals surface area (Å²) >= 11 is 0. The van der Waals surface area contributed by atoms with Crippen LogP contribution in [0.3, 0.4) is 0 Å². The average Bonchev–Trinajstić information content (AvgIpc) is 2.71. The second-order valence-corrected chi connectivity index (χ2v) is 3.36. The van der Waals surface area contributed by atoms with Gasteiger partial charge in [0, 0.05) is 20.3 Å². The highest BCUT2D eigenvalue weighted by Gasteiger charge is 2.08. The van der Waals surface area contributed by atoms with Gasteiger partial charge in [0.25, 0.3) is 0 Å². The van der Waals surface area contributed by atoms with Gasteiger partial charge in [-0.15, -0.1) is 0 Å². The molecule has 0 aliphatic rings. The van der Waals surface area contributed by atoms with Crippen molar-refractivity contribution in [1.29, 1.82) is 0 Å². The maximum absolute atomic E-state index is 11.4. The van der Waals surface area contributed by atoms with Gasteiger partial charge in [-0.1, -0.05) is 13.5 Å². The molecule has 0 aliphatic heterocycles. The van der Waals surface area contributed by atoms with Gasteiger partial charge < -0.3 is 0 Å². The molecular formula is C11H16N4O. The standard InChI is InChI=1S/C11H16N4O/c1-5-10(11(16)6-2)13-15(4)9-7-12-14(3)8-9/h6-8H,2,5H2,1,3-4H3/b13-10-. The van der Waals surface area contributed by atoms with Gasteiger partial charge in [-0.05, 0) is 12.5 Å². The third kappa shape index (κ3) is 2.79. The first-order chi connectivity index (χ1) is 7.58. The largest absolute Gasteiger partial charge is 0.288 e. The summed E-state index contributed by atoms with van der Waals surface area (Å²) in [5.74, 6) is -0.141. The Morgan fingerprint density at radius 1 is 1.75 bits per heavy atom. The number of hydrogen-bond acceptors (Lipinski definition) is 4. The zero-order chi connectivity index (χ0) is 12.1. The van der Waals surface area contributed by atoms with E-state index in [0.717, 1.165) is 5.69 Å². The van der Waals surface area contributed by atoms with E-state index < -0.39 is 0 Å². The van der Waals surface area contributed by atoms with Crippen LogP contribution in [-0.4, -0.2) is 28.3 Å². The fraction of sp³-hybridized carbons (Fsp3) is 0.364. The molecule has 16 heavy (non-hydrogen) atoms. The van der Waals surface area contributed by atoms with Crippen LogP contribution in [0.15, 0.2) is 30.2 Å². The van der Waals surface area contributed by atoms with E-state index in [9.17, 15) is 4.79 Å². The van der Waals surface area contributed by atoms with Gasteiger partial charge in [-0.25, -0.2) is 0 Å². The number of anilines is 1. The zero-order valence-corrected chi connectivity index (χ0v) is 9.84. The summed E-state index contributed by atoms with van der Waals surface area (Å²) in [5.41, 5.74) is 1.33. The number of nitrogens with zero attached hydrogens (tertiary/aromatic N) is 4. The SMILES string of the molecule is C=CC(=O)/C(CC)=N\N(C)c1cnn(C)c1. The van der Waals surface area contributed by atoms with E-state index in [2.05, 4.69) is 16.8 Å². The number of hydrogen-bond donors (Lipinski definition) is 0. The van der Waals surface area contributed by atoms with Crippen LogP contribution in [0.2, 0.25) is 0 Å². The van der Waals surface area contributed by atoms with Gasteiger partial charge in [0.2, 0.25) is 5.78 Å². The lowest BCUT2D eigenvalue weighted by Gasteiger charge is -2.11. The number of carbonyl (C=O) groups excluding carboxylic acids is 1. The van der Waals surface area contributed by atoms with E-state index >= 15 is 0 Å². The molecule has 0 amide bonds. The van der Waals surface area contributed by atoms with Gasteiger partial charge in [0.05, 0.1) is 11.9 Å². The van der Waals surface area contributed by atoms with Crippen molar-refractivity contribution in [3.63, 3.8) is 0 Å². The Labute approximate surface area is 95.1 Å². The van der Waals surface area contributed by atoms with E-state index in [-0.39, 0.29) is 5.78 Å². The molecule has 0 fully saturated rings. The van der Waals surface area contributed by atoms with Gasteiger partial charge in [0.1, 0.15) is 5.71 Å². The minimum atomic E-state index is -0.141. The van der Waals surface area contributed by atoms with Crippen LogP contribution < -0.4 is 5.01 Å². The van der Waals surface area contributed by atoms with E-state index in [4.69, 9.17) is 0 Å². The Kier molecular flexibility index (Phi) is 3.99. The van der Waals surface area contributed by atoms with Crippen molar-refractivity contribution >= 4 is 17.2 Å². The number of aryl methyl sites for hydroxylation is 1. The Balaban J connectivity index is 2.89. The molecule has 0 saturated carbocycles. The molecule has 0 aliphatic carbocycles. The third-order valence-electron chi connectivity index (χ3n) is 2.14. The lowest BCUT2D eigenvalue weighted by atomic mass is 10.2. The molecule has 1 heterocycles. The Morgan fingerprint density at radius 3 is 2.88 bits per heavy atom. The van der Waals surface area contributed by atoms with Crippen LogP contribution in [0.4, 0.5) is 5.69 Å². The molecule has 0 saturated heterocycles. The van der Waals surface area contributed by atoms with Crippen molar-refractivity contribution in [1.82, 2.24) is 9.78 Å². The second-order valence-electron chi connectivity index (χ2n) is 3.36. The highest BCUT2D eigenvalue weighted by molar-refractivity contribution is 6.43. The summed E-state index contributed by atoms with van der Waals surface area (Å²) in [5, 5.41) is 9.89. The first-order valence-corrected chi connectivity index (χ1v) is 5.05. The molecule has 5 nitrogen and oxygen atoms in total. The second kappa shape index (κ2) is 5.25. The number of hydrazone groups is 1. The minimum absolute atomic E-state index is 0.141. The average molecular weight is 220 g/mol. The number of ketones is 1. The summed E-state index contributed by atoms with van der Waals surface area (Å²) in [4.78, 5) is 11.4. The maximum atomic E-state index is 11.4. The Hall–Kier alpha value is -1.91. The Bertz CT molecular complexity index is 419. The van der Waals surface area contributed by atoms with Crippen molar-refractivity contribution < 1.29 is 4.79 Å². The van der Waals surface area contributed by atoms with Crippen LogP contribution in [-0.2, 0) is 11.8 Å². The van der Waals surface area contributed by atoms with Crippen LogP contribution in [0, 0.1) is 0 Å². The van der Waals surface area contributed by atoms with Crippen LogP contribution in [0.25, 0.3) is 0 Å². The molecule has 0 N–H and O–H groups in total. The van der Waals surface area contributed by atoms with Crippen LogP contribution >= 0.6 is 0 Å². The predicted molar refractivity (Wildman–Crippen MR) is 64.5 cm³/mol. The maximum Gasteiger partial charge on any atom is 0.201 e. The molecule has 1 rings (SSSR count). The monoisotopic (exact) mass is 220 g/mol. The first kappa shape index (κ1) is 12.2. The summed E-state index contributed by atoms with van der Waals surface area (Å²) in [6, 6.07) is 0. The fourth-order valence-electron chi connectivity index (χ4n) is 1.23. The van der Waals surface area contributed by atoms with E-state index in [1.54, 1.807) is 22.9 Å². The highest BCUT2D eigenvalue weighted by Crippen LogP contribution is 2.10. The van der Waals surface area contributed by atoms with Crippen LogP contribution in [0.1, 0.15) is 13.3 Å². The lowest BCUT2D eigenvalue weighted by molar-refractivity contribution is -0.109. The third-order valence-corrected chi connectivity index (χ3v) is 2.14. The van der Waals surface area contributed by atoms with E-state index in [0.29, 0.717) is 12.1 Å². The number of allylic oxidation sites excluding steroid dienone is 1. The van der Waals surface area contributed by atoms with Gasteiger partial charge in [0.15, 0.2) is 0 Å². The number of aromatic nitrogens is 2. The fourth-order valence-corrected chi connectivity index (χ4v) is 1.23. The van der Waals surface area contributed by atoms with Crippen molar-refractivity contribution in [3.8, 4) is 0 Å². The smallest absolute Gasteiger partial charge is 0.201 e. The van der Waals surface area contributed by atoms with Gasteiger partial charge in [-0.3, -0.25) is 14.5 Å². The van der Waals surface area contributed by atoms with Crippen molar-refractivity contribution in [3.05, 3.63) is 25.0 Å². The summed E-state index contributed by atoms with van der Waals surface area (Å²) in [7, 11) is 3.61. The highest BCUT2D eigenvalue weighted by atomic mass is 16.1. The lowest BCUT2D eigenvalue weighted by Crippen LogP contribution is -2.17. The van der Waals surface area contributed by atoms with Gasteiger partial charge >= 0.3 is 0 Å². The summed E-state index contributed by atoms with van der Waals surface area (Å²) in [6.07, 6.45) is 5.37. The topological polar surface area (TPSA) is 50.5 Å². The van der Waals surface area contributed by atoms with Crippen molar-refractivity contribution in [2.24, 2.45) is 12.1 Å². The molecule has 0 spiro atoms. The molecule has 0 atom stereocenters. The van der Waals surface area contributed by atoms with Crippen LogP contribution in [0.5, 0.6) is 0 Å². The Morgan fingerprint density at radius 2 is 2.44 bits per heavy atom. The number of carbonyl (C=O) groups is 1. The molecule has 86 valence electrons. The zero-order valence-electron chi connectivity index (χ0n) is 9.84. The van der Waals surface area contributed by atoms with E-state index in [1.165, 1.54) is 6.08 Å². The molecule has 1 aromatic heterocycles. The van der Waals surface area contributed by atoms with Gasteiger partial charge in [-0.2, -0.15) is 10.2 Å². The predicted octanol–water partition coefficient (Wildman–Crippen LogP) is 1.38. The van der Waals surface area contributed by atoms with Crippen molar-refractivity contribution in [2.75, 3.05) is 12.1 Å². The quantitative estimate of drug-likeness (QED) is 0.428. The van der Waals surface area contributed by atoms with E-state index in [1.807, 2.05) is 20.2 Å². The molecule has 0 radical (unpaired) electrons. The number of rotatable bonds is 5. The summed E-state index contributed by atoms with van der Waals surface area (Å²) < 4.78 is 1.68. The molecule has 0 bridgehead atoms. The summed E-state index contributed by atoms with van der Waals surface area (Å²) in [6.45, 7) is 5.33. The first-order valence-electron chi connectivity index (χ1n) is 5.05. The molecule has 0 aromatic carbocycles. The molecule has 0 unspecified atom stereocenters. The molecular weight excluding hydrogens is 204 g/mol. The van der Waals surface area contributed by atoms with Crippen molar-refractivity contribution in [2.45, 2.75) is 13.3 Å². The normalized spacial score (nSPS) is 11.3. The molecule has 5 heteroatoms. The molecule has 1 aromatic rings. The minimum Gasteiger partial charge on any atom is -0.288 e.